The van der Waals surface area contributed by atoms with Gasteiger partial charge in [-0.25, -0.2) is 0 Å². The number of hydrogen-bond acceptors (Lipinski definition) is 2. The smallest absolute Gasteiger partial charge is 0.0775 e. The second-order valence-electron chi connectivity index (χ2n) is 6.29. The van der Waals surface area contributed by atoms with Crippen molar-refractivity contribution in [1.29, 1.82) is 0 Å². The summed E-state index contributed by atoms with van der Waals surface area (Å²) in [5.74, 6) is 0. The number of rotatable bonds is 6. The molecule has 0 saturated heterocycles. The molecule has 0 heterocycles. The first-order valence-corrected chi connectivity index (χ1v) is 7.20. The highest BCUT2D eigenvalue weighted by Gasteiger charge is 2.31. The molecule has 0 spiro atoms. The molecule has 19 heavy (non-hydrogen) atoms. The van der Waals surface area contributed by atoms with Crippen molar-refractivity contribution >= 4 is 0 Å². The maximum atomic E-state index is 5.72. The van der Waals surface area contributed by atoms with Gasteiger partial charge in [0.1, 0.15) is 0 Å². The summed E-state index contributed by atoms with van der Waals surface area (Å²) in [4.78, 5) is 0. The molecule has 0 saturated carbocycles. The number of likely N-dealkylation sites (N-methyl/N-ethyl adjacent to an activating group) is 1. The van der Waals surface area contributed by atoms with E-state index in [1.54, 1.807) is 7.11 Å². The average molecular weight is 263 g/mol. The van der Waals surface area contributed by atoms with Crippen LogP contribution in [-0.4, -0.2) is 26.3 Å². The standard InChI is InChI=1S/C17H29NO/c1-7-13-8-10-14(11-9-13)12-15(18-5)16(19-6)17(2,3)4/h8-11,15-16,18H,7,12H2,1-6H3. The molecule has 1 rings (SSSR count). The van der Waals surface area contributed by atoms with E-state index in [4.69, 9.17) is 4.74 Å². The van der Waals surface area contributed by atoms with Gasteiger partial charge >= 0.3 is 0 Å². The summed E-state index contributed by atoms with van der Waals surface area (Å²) in [6, 6.07) is 9.25. The zero-order valence-corrected chi connectivity index (χ0v) is 13.3. The third kappa shape index (κ3) is 4.63. The largest absolute Gasteiger partial charge is 0.379 e. The van der Waals surface area contributed by atoms with Crippen LogP contribution in [0.25, 0.3) is 0 Å². The third-order valence-electron chi connectivity index (χ3n) is 3.73. The average Bonchev–Trinajstić information content (AvgIpc) is 2.37. The van der Waals surface area contributed by atoms with Gasteiger partial charge in [-0.15, -0.1) is 0 Å². The summed E-state index contributed by atoms with van der Waals surface area (Å²) >= 11 is 0. The van der Waals surface area contributed by atoms with Gasteiger partial charge in [0, 0.05) is 13.2 Å². The van der Waals surface area contributed by atoms with E-state index in [0.717, 1.165) is 12.8 Å². The Labute approximate surface area is 118 Å². The molecule has 0 aliphatic carbocycles. The highest BCUT2D eigenvalue weighted by atomic mass is 16.5. The Morgan fingerprint density at radius 2 is 1.63 bits per heavy atom. The van der Waals surface area contributed by atoms with Crippen molar-refractivity contribution in [1.82, 2.24) is 5.32 Å². The molecule has 0 fully saturated rings. The lowest BCUT2D eigenvalue weighted by Crippen LogP contribution is -2.47. The van der Waals surface area contributed by atoms with Crippen LogP contribution in [0, 0.1) is 5.41 Å². The molecule has 2 unspecified atom stereocenters. The quantitative estimate of drug-likeness (QED) is 0.849. The first kappa shape index (κ1) is 16.2. The van der Waals surface area contributed by atoms with Crippen LogP contribution in [0.1, 0.15) is 38.8 Å². The molecular weight excluding hydrogens is 234 g/mol. The molecular formula is C17H29NO. The Hall–Kier alpha value is -0.860. The van der Waals surface area contributed by atoms with Crippen LogP contribution < -0.4 is 5.32 Å². The molecule has 2 heteroatoms. The lowest BCUT2D eigenvalue weighted by atomic mass is 9.82. The summed E-state index contributed by atoms with van der Waals surface area (Å²) in [6.45, 7) is 8.87. The van der Waals surface area contributed by atoms with E-state index < -0.39 is 0 Å². The van der Waals surface area contributed by atoms with E-state index in [2.05, 4.69) is 57.3 Å². The number of benzene rings is 1. The first-order chi connectivity index (χ1) is 8.92. The van der Waals surface area contributed by atoms with Gasteiger partial charge in [-0.05, 0) is 36.4 Å². The number of nitrogens with one attached hydrogen (secondary N) is 1. The van der Waals surface area contributed by atoms with Crippen molar-refractivity contribution in [2.24, 2.45) is 5.41 Å². The minimum Gasteiger partial charge on any atom is -0.379 e. The lowest BCUT2D eigenvalue weighted by Gasteiger charge is -2.36. The summed E-state index contributed by atoms with van der Waals surface area (Å²) in [5, 5.41) is 3.41. The first-order valence-electron chi connectivity index (χ1n) is 7.20. The van der Waals surface area contributed by atoms with Gasteiger partial charge in [0.05, 0.1) is 6.10 Å². The molecule has 1 aromatic carbocycles. The van der Waals surface area contributed by atoms with E-state index in [9.17, 15) is 0 Å². The fourth-order valence-electron chi connectivity index (χ4n) is 2.65. The van der Waals surface area contributed by atoms with Crippen LogP contribution in [-0.2, 0) is 17.6 Å². The van der Waals surface area contributed by atoms with Crippen molar-refractivity contribution < 1.29 is 4.74 Å². The predicted molar refractivity (Wildman–Crippen MR) is 82.6 cm³/mol. The lowest BCUT2D eigenvalue weighted by molar-refractivity contribution is -0.00921. The van der Waals surface area contributed by atoms with Gasteiger partial charge in [-0.2, -0.15) is 0 Å². The van der Waals surface area contributed by atoms with E-state index >= 15 is 0 Å². The Balaban J connectivity index is 2.80. The van der Waals surface area contributed by atoms with Gasteiger partial charge in [0.2, 0.25) is 0 Å². The van der Waals surface area contributed by atoms with Crippen LogP contribution in [0.15, 0.2) is 24.3 Å². The summed E-state index contributed by atoms with van der Waals surface area (Å²) in [7, 11) is 3.82. The van der Waals surface area contributed by atoms with Crippen LogP contribution in [0.5, 0.6) is 0 Å². The van der Waals surface area contributed by atoms with Crippen molar-refractivity contribution in [3.05, 3.63) is 35.4 Å². The number of aryl methyl sites for hydroxylation is 1. The highest BCUT2D eigenvalue weighted by molar-refractivity contribution is 5.23. The molecule has 1 aromatic rings. The van der Waals surface area contributed by atoms with Gasteiger partial charge in [0.25, 0.3) is 0 Å². The Kier molecular flexibility index (Phi) is 6.02. The zero-order chi connectivity index (χ0) is 14.5. The number of methoxy groups -OCH3 is 1. The van der Waals surface area contributed by atoms with Crippen molar-refractivity contribution in [3.8, 4) is 0 Å². The van der Waals surface area contributed by atoms with Crippen molar-refractivity contribution in [3.63, 3.8) is 0 Å². The third-order valence-corrected chi connectivity index (χ3v) is 3.73. The minimum absolute atomic E-state index is 0.131. The minimum atomic E-state index is 0.131. The maximum absolute atomic E-state index is 5.72. The predicted octanol–water partition coefficient (Wildman–Crippen LogP) is 3.44. The number of ether oxygens (including phenoxy) is 1. The van der Waals surface area contributed by atoms with Gasteiger partial charge in [-0.1, -0.05) is 52.0 Å². The molecule has 0 amide bonds. The molecule has 0 aliphatic heterocycles. The molecule has 0 aliphatic rings. The molecule has 2 nitrogen and oxygen atoms in total. The van der Waals surface area contributed by atoms with Crippen LogP contribution >= 0.6 is 0 Å². The van der Waals surface area contributed by atoms with Crippen LogP contribution in [0.2, 0.25) is 0 Å². The van der Waals surface area contributed by atoms with Crippen molar-refractivity contribution in [2.45, 2.75) is 52.7 Å². The Morgan fingerprint density at radius 3 is 2.00 bits per heavy atom. The second-order valence-corrected chi connectivity index (χ2v) is 6.29. The summed E-state index contributed by atoms with van der Waals surface area (Å²) in [6.07, 6.45) is 2.29. The van der Waals surface area contributed by atoms with E-state index in [1.807, 2.05) is 7.05 Å². The zero-order valence-electron chi connectivity index (χ0n) is 13.3. The highest BCUT2D eigenvalue weighted by Crippen LogP contribution is 2.26. The molecule has 0 aromatic heterocycles. The Bertz CT molecular complexity index is 364. The maximum Gasteiger partial charge on any atom is 0.0775 e. The Morgan fingerprint density at radius 1 is 1.11 bits per heavy atom. The van der Waals surface area contributed by atoms with Gasteiger partial charge in [0.15, 0.2) is 0 Å². The summed E-state index contributed by atoms with van der Waals surface area (Å²) in [5.41, 5.74) is 2.89. The fourth-order valence-corrected chi connectivity index (χ4v) is 2.65. The second kappa shape index (κ2) is 7.06. The van der Waals surface area contributed by atoms with Crippen LogP contribution in [0.4, 0.5) is 0 Å². The van der Waals surface area contributed by atoms with E-state index in [0.29, 0.717) is 6.04 Å². The normalized spacial score (nSPS) is 15.3. The monoisotopic (exact) mass is 263 g/mol. The van der Waals surface area contributed by atoms with Gasteiger partial charge < -0.3 is 10.1 Å². The SMILES string of the molecule is CCc1ccc(CC(NC)C(OC)C(C)(C)C)cc1. The van der Waals surface area contributed by atoms with Crippen molar-refractivity contribution in [2.75, 3.05) is 14.2 Å². The number of hydrogen-bond donors (Lipinski definition) is 1. The van der Waals surface area contributed by atoms with E-state index in [1.165, 1.54) is 11.1 Å². The van der Waals surface area contributed by atoms with Gasteiger partial charge in [-0.3, -0.25) is 0 Å². The fraction of sp³-hybridized carbons (Fsp3) is 0.647. The molecule has 0 radical (unpaired) electrons. The van der Waals surface area contributed by atoms with E-state index in [-0.39, 0.29) is 11.5 Å². The molecule has 0 bridgehead atoms. The topological polar surface area (TPSA) is 21.3 Å². The molecule has 108 valence electrons. The summed E-state index contributed by atoms with van der Waals surface area (Å²) < 4.78 is 5.72. The van der Waals surface area contributed by atoms with Crippen LogP contribution in [0.3, 0.4) is 0 Å². The molecule has 1 N–H and O–H groups in total. The molecule has 2 atom stereocenters.